The fraction of sp³-hybridized carbons (Fsp3) is 0.455. The molecule has 0 aliphatic heterocycles. The third-order valence-corrected chi connectivity index (χ3v) is 2.18. The SMILES string of the molecule is CC(NC[C@@H](C)O)c1cc(F)ccc1O. The Morgan fingerprint density at radius 1 is 1.40 bits per heavy atom. The van der Waals surface area contributed by atoms with Gasteiger partial charge in [-0.25, -0.2) is 4.39 Å². The topological polar surface area (TPSA) is 52.5 Å². The first-order valence-corrected chi connectivity index (χ1v) is 4.90. The van der Waals surface area contributed by atoms with Gasteiger partial charge in [-0.2, -0.15) is 0 Å². The van der Waals surface area contributed by atoms with Crippen LogP contribution >= 0.6 is 0 Å². The molecule has 3 N–H and O–H groups in total. The van der Waals surface area contributed by atoms with Crippen LogP contribution in [0.4, 0.5) is 4.39 Å². The minimum absolute atomic E-state index is 0.0574. The predicted octanol–water partition coefficient (Wildman–Crippen LogP) is 1.56. The van der Waals surface area contributed by atoms with Crippen molar-refractivity contribution in [3.63, 3.8) is 0 Å². The molecule has 0 bridgehead atoms. The van der Waals surface area contributed by atoms with Crippen molar-refractivity contribution >= 4 is 0 Å². The number of aliphatic hydroxyl groups excluding tert-OH is 1. The van der Waals surface area contributed by atoms with Gasteiger partial charge in [0.25, 0.3) is 0 Å². The van der Waals surface area contributed by atoms with Crippen molar-refractivity contribution in [2.45, 2.75) is 26.0 Å². The van der Waals surface area contributed by atoms with Crippen LogP contribution in [0.25, 0.3) is 0 Å². The second kappa shape index (κ2) is 5.09. The molecular weight excluding hydrogens is 197 g/mol. The third-order valence-electron chi connectivity index (χ3n) is 2.18. The Labute approximate surface area is 88.6 Å². The van der Waals surface area contributed by atoms with Gasteiger partial charge in [-0.15, -0.1) is 0 Å². The molecule has 0 amide bonds. The summed E-state index contributed by atoms with van der Waals surface area (Å²) < 4.78 is 12.9. The normalized spacial score (nSPS) is 14.9. The Kier molecular flexibility index (Phi) is 4.05. The summed E-state index contributed by atoms with van der Waals surface area (Å²) in [5.41, 5.74) is 0.496. The van der Waals surface area contributed by atoms with Crippen molar-refractivity contribution in [3.05, 3.63) is 29.6 Å². The molecule has 0 spiro atoms. The molecule has 0 aliphatic rings. The maximum atomic E-state index is 12.9. The summed E-state index contributed by atoms with van der Waals surface area (Å²) in [5.74, 6) is -0.324. The lowest BCUT2D eigenvalue weighted by Gasteiger charge is -2.16. The van der Waals surface area contributed by atoms with Gasteiger partial charge in [-0.05, 0) is 32.0 Å². The van der Waals surface area contributed by atoms with Gasteiger partial charge in [0.2, 0.25) is 0 Å². The molecule has 0 fully saturated rings. The van der Waals surface area contributed by atoms with E-state index in [1.165, 1.54) is 18.2 Å². The predicted molar refractivity (Wildman–Crippen MR) is 56.2 cm³/mol. The zero-order chi connectivity index (χ0) is 11.4. The van der Waals surface area contributed by atoms with E-state index in [9.17, 15) is 9.50 Å². The fourth-order valence-corrected chi connectivity index (χ4v) is 1.33. The van der Waals surface area contributed by atoms with E-state index in [0.29, 0.717) is 12.1 Å². The van der Waals surface area contributed by atoms with Crippen molar-refractivity contribution < 1.29 is 14.6 Å². The van der Waals surface area contributed by atoms with Gasteiger partial charge in [0, 0.05) is 18.2 Å². The molecule has 2 atom stereocenters. The van der Waals surface area contributed by atoms with Crippen LogP contribution in [-0.2, 0) is 0 Å². The van der Waals surface area contributed by atoms with E-state index >= 15 is 0 Å². The Hall–Kier alpha value is -1.13. The molecule has 0 saturated carbocycles. The number of hydrogen-bond acceptors (Lipinski definition) is 3. The Bertz CT molecular complexity index is 328. The molecule has 1 aromatic rings. The number of halogens is 1. The standard InChI is InChI=1S/C11H16FNO2/c1-7(14)6-13-8(2)10-5-9(12)3-4-11(10)15/h3-5,7-8,13-15H,6H2,1-2H3/t7-,8?/m1/s1. The second-order valence-corrected chi connectivity index (χ2v) is 3.68. The molecule has 0 saturated heterocycles. The van der Waals surface area contributed by atoms with Gasteiger partial charge in [0.1, 0.15) is 11.6 Å². The van der Waals surface area contributed by atoms with Crippen LogP contribution in [0.2, 0.25) is 0 Å². The minimum Gasteiger partial charge on any atom is -0.508 e. The van der Waals surface area contributed by atoms with Gasteiger partial charge in [0.15, 0.2) is 0 Å². The average molecular weight is 213 g/mol. The van der Waals surface area contributed by atoms with E-state index in [0.717, 1.165) is 0 Å². The fourth-order valence-electron chi connectivity index (χ4n) is 1.33. The third kappa shape index (κ3) is 3.49. The van der Waals surface area contributed by atoms with Crippen LogP contribution in [0.15, 0.2) is 18.2 Å². The van der Waals surface area contributed by atoms with Gasteiger partial charge >= 0.3 is 0 Å². The molecule has 0 heterocycles. The number of benzene rings is 1. The lowest BCUT2D eigenvalue weighted by molar-refractivity contribution is 0.187. The van der Waals surface area contributed by atoms with Crippen LogP contribution in [0.3, 0.4) is 0 Å². The van der Waals surface area contributed by atoms with Crippen LogP contribution in [0, 0.1) is 5.82 Å². The number of phenols is 1. The monoisotopic (exact) mass is 213 g/mol. The minimum atomic E-state index is -0.469. The first-order chi connectivity index (χ1) is 7.00. The molecule has 84 valence electrons. The van der Waals surface area contributed by atoms with Gasteiger partial charge < -0.3 is 15.5 Å². The van der Waals surface area contributed by atoms with E-state index in [-0.39, 0.29) is 17.6 Å². The maximum Gasteiger partial charge on any atom is 0.123 e. The number of rotatable bonds is 4. The van der Waals surface area contributed by atoms with Crippen molar-refractivity contribution in [1.82, 2.24) is 5.32 Å². The largest absolute Gasteiger partial charge is 0.508 e. The molecule has 1 rings (SSSR count). The molecular formula is C11H16FNO2. The summed E-state index contributed by atoms with van der Waals surface area (Å²) in [4.78, 5) is 0. The molecule has 1 aromatic carbocycles. The Morgan fingerprint density at radius 3 is 2.67 bits per heavy atom. The van der Waals surface area contributed by atoms with Crippen molar-refractivity contribution in [2.24, 2.45) is 0 Å². The maximum absolute atomic E-state index is 12.9. The molecule has 4 heteroatoms. The van der Waals surface area contributed by atoms with Gasteiger partial charge in [0.05, 0.1) is 6.10 Å². The molecule has 1 unspecified atom stereocenters. The second-order valence-electron chi connectivity index (χ2n) is 3.68. The van der Waals surface area contributed by atoms with Crippen LogP contribution < -0.4 is 5.32 Å². The van der Waals surface area contributed by atoms with Crippen LogP contribution in [0.5, 0.6) is 5.75 Å². The molecule has 0 radical (unpaired) electrons. The summed E-state index contributed by atoms with van der Waals surface area (Å²) in [6.07, 6.45) is -0.469. The zero-order valence-corrected chi connectivity index (χ0v) is 8.87. The number of hydrogen-bond donors (Lipinski definition) is 3. The van der Waals surface area contributed by atoms with E-state index < -0.39 is 6.10 Å². The van der Waals surface area contributed by atoms with Crippen molar-refractivity contribution in [3.8, 4) is 5.75 Å². The van der Waals surface area contributed by atoms with E-state index in [4.69, 9.17) is 5.11 Å². The zero-order valence-electron chi connectivity index (χ0n) is 8.87. The Balaban J connectivity index is 2.72. The van der Waals surface area contributed by atoms with E-state index in [1.807, 2.05) is 0 Å². The highest BCUT2D eigenvalue weighted by atomic mass is 19.1. The highest BCUT2D eigenvalue weighted by Gasteiger charge is 2.11. The van der Waals surface area contributed by atoms with E-state index in [1.54, 1.807) is 13.8 Å². The Morgan fingerprint density at radius 2 is 2.07 bits per heavy atom. The summed E-state index contributed by atoms with van der Waals surface area (Å²) in [6.45, 7) is 3.86. The number of aliphatic hydroxyl groups is 1. The first kappa shape index (κ1) is 11.9. The summed E-state index contributed by atoms with van der Waals surface area (Å²) in [6, 6.07) is 3.62. The van der Waals surface area contributed by atoms with Crippen molar-refractivity contribution in [2.75, 3.05) is 6.54 Å². The highest BCUT2D eigenvalue weighted by Crippen LogP contribution is 2.24. The summed E-state index contributed by atoms with van der Waals surface area (Å²) in [5, 5.41) is 21.6. The highest BCUT2D eigenvalue weighted by molar-refractivity contribution is 5.34. The molecule has 0 aromatic heterocycles. The number of aromatic hydroxyl groups is 1. The molecule has 3 nitrogen and oxygen atoms in total. The molecule has 0 aliphatic carbocycles. The van der Waals surface area contributed by atoms with Crippen LogP contribution in [0.1, 0.15) is 25.5 Å². The van der Waals surface area contributed by atoms with Crippen LogP contribution in [-0.4, -0.2) is 22.9 Å². The first-order valence-electron chi connectivity index (χ1n) is 4.90. The summed E-state index contributed by atoms with van der Waals surface area (Å²) in [7, 11) is 0. The number of nitrogens with one attached hydrogen (secondary N) is 1. The van der Waals surface area contributed by atoms with Gasteiger partial charge in [-0.3, -0.25) is 0 Å². The van der Waals surface area contributed by atoms with Crippen molar-refractivity contribution in [1.29, 1.82) is 0 Å². The average Bonchev–Trinajstić information content (AvgIpc) is 2.18. The lowest BCUT2D eigenvalue weighted by atomic mass is 10.1. The molecule has 15 heavy (non-hydrogen) atoms. The van der Waals surface area contributed by atoms with Gasteiger partial charge in [-0.1, -0.05) is 0 Å². The van der Waals surface area contributed by atoms with E-state index in [2.05, 4.69) is 5.32 Å². The summed E-state index contributed by atoms with van der Waals surface area (Å²) >= 11 is 0. The number of phenolic OH excluding ortho intramolecular Hbond substituents is 1. The quantitative estimate of drug-likeness (QED) is 0.711. The smallest absolute Gasteiger partial charge is 0.123 e. The lowest BCUT2D eigenvalue weighted by Crippen LogP contribution is -2.27.